The Kier molecular flexibility index (Phi) is 5.67. The second kappa shape index (κ2) is 8.39. The predicted octanol–water partition coefficient (Wildman–Crippen LogP) is 7.84. The molecule has 0 unspecified atom stereocenters. The monoisotopic (exact) mass is 397 g/mol. The van der Waals surface area contributed by atoms with Crippen LogP contribution in [-0.4, -0.2) is 0 Å². The van der Waals surface area contributed by atoms with Crippen LogP contribution < -0.4 is 5.32 Å². The molecule has 0 amide bonds. The summed E-state index contributed by atoms with van der Waals surface area (Å²) in [6, 6.07) is 19.5. The number of hydrogen-bond donors (Lipinski definition) is 1. The molecule has 0 bridgehead atoms. The van der Waals surface area contributed by atoms with Gasteiger partial charge in [0.15, 0.2) is 0 Å². The molecule has 1 heterocycles. The lowest BCUT2D eigenvalue weighted by atomic mass is 9.93. The first kappa shape index (κ1) is 20.3. The molecule has 0 saturated heterocycles. The number of hydrogen-bond acceptors (Lipinski definition) is 2. The van der Waals surface area contributed by atoms with Crippen molar-refractivity contribution < 1.29 is 4.42 Å². The van der Waals surface area contributed by atoms with Gasteiger partial charge < -0.3 is 9.73 Å². The van der Waals surface area contributed by atoms with Crippen molar-refractivity contribution in [3.63, 3.8) is 0 Å². The highest BCUT2D eigenvalue weighted by Crippen LogP contribution is 2.40. The number of aryl methyl sites for hydroxylation is 2. The summed E-state index contributed by atoms with van der Waals surface area (Å²) in [5, 5.41) is 4.90. The van der Waals surface area contributed by atoms with Crippen LogP contribution in [-0.2, 0) is 13.0 Å². The van der Waals surface area contributed by atoms with Crippen molar-refractivity contribution in [2.24, 2.45) is 5.92 Å². The SMILES string of the molecule is Cc1c(NCc2ccccc2)c(C)c2c(-c3ccc(CC(C)C)cc3)coc2c1C. The van der Waals surface area contributed by atoms with Gasteiger partial charge in [-0.3, -0.25) is 0 Å². The summed E-state index contributed by atoms with van der Waals surface area (Å²) in [5.41, 5.74) is 11.0. The Hall–Kier alpha value is -3.00. The number of furan rings is 1. The highest BCUT2D eigenvalue weighted by Gasteiger charge is 2.19. The van der Waals surface area contributed by atoms with Gasteiger partial charge in [0.05, 0.1) is 6.26 Å². The molecule has 154 valence electrons. The van der Waals surface area contributed by atoms with Gasteiger partial charge in [0, 0.05) is 23.2 Å². The quantitative estimate of drug-likeness (QED) is 0.358. The van der Waals surface area contributed by atoms with Gasteiger partial charge in [-0.2, -0.15) is 0 Å². The molecule has 1 aromatic heterocycles. The molecule has 4 rings (SSSR count). The Morgan fingerprint density at radius 2 is 1.50 bits per heavy atom. The van der Waals surface area contributed by atoms with Crippen molar-refractivity contribution in [3.8, 4) is 11.1 Å². The molecule has 2 heteroatoms. The van der Waals surface area contributed by atoms with Gasteiger partial charge in [-0.15, -0.1) is 0 Å². The molecule has 1 N–H and O–H groups in total. The average molecular weight is 398 g/mol. The van der Waals surface area contributed by atoms with E-state index in [1.54, 1.807) is 0 Å². The number of anilines is 1. The zero-order chi connectivity index (χ0) is 21.3. The van der Waals surface area contributed by atoms with E-state index >= 15 is 0 Å². The van der Waals surface area contributed by atoms with Crippen molar-refractivity contribution in [2.45, 2.75) is 47.6 Å². The third-order valence-corrected chi connectivity index (χ3v) is 6.04. The van der Waals surface area contributed by atoms with Gasteiger partial charge in [-0.05, 0) is 66.5 Å². The van der Waals surface area contributed by atoms with E-state index in [9.17, 15) is 0 Å². The van der Waals surface area contributed by atoms with E-state index in [4.69, 9.17) is 4.42 Å². The normalized spacial score (nSPS) is 11.4. The minimum atomic E-state index is 0.664. The first-order valence-electron chi connectivity index (χ1n) is 10.8. The largest absolute Gasteiger partial charge is 0.463 e. The summed E-state index contributed by atoms with van der Waals surface area (Å²) >= 11 is 0. The standard InChI is InChI=1S/C28H31NO/c1-18(2)15-22-11-13-24(14-12-22)25-17-30-28-20(4)19(3)27(21(5)26(25)28)29-16-23-9-7-6-8-10-23/h6-14,17-18,29H,15-16H2,1-5H3. The van der Waals surface area contributed by atoms with E-state index in [-0.39, 0.29) is 0 Å². The molecular weight excluding hydrogens is 366 g/mol. The first-order valence-corrected chi connectivity index (χ1v) is 10.8. The molecule has 0 atom stereocenters. The molecule has 0 aliphatic rings. The molecule has 0 aliphatic heterocycles. The zero-order valence-electron chi connectivity index (χ0n) is 18.7. The molecule has 4 aromatic rings. The van der Waals surface area contributed by atoms with Crippen LogP contribution in [0.5, 0.6) is 0 Å². The van der Waals surface area contributed by atoms with Crippen molar-refractivity contribution in [1.29, 1.82) is 0 Å². The number of rotatable bonds is 6. The molecule has 2 nitrogen and oxygen atoms in total. The fourth-order valence-electron chi connectivity index (χ4n) is 4.33. The summed E-state index contributed by atoms with van der Waals surface area (Å²) in [5.74, 6) is 0.664. The van der Waals surface area contributed by atoms with Gasteiger partial charge >= 0.3 is 0 Å². The number of fused-ring (bicyclic) bond motifs is 1. The Balaban J connectivity index is 1.74. The van der Waals surface area contributed by atoms with Gasteiger partial charge in [0.1, 0.15) is 5.58 Å². The Morgan fingerprint density at radius 1 is 0.800 bits per heavy atom. The van der Waals surface area contributed by atoms with Crippen molar-refractivity contribution in [3.05, 3.63) is 88.7 Å². The van der Waals surface area contributed by atoms with E-state index in [2.05, 4.69) is 94.5 Å². The average Bonchev–Trinajstić information content (AvgIpc) is 3.18. The second-order valence-electron chi connectivity index (χ2n) is 8.74. The molecule has 0 fully saturated rings. The van der Waals surface area contributed by atoms with E-state index < -0.39 is 0 Å². The van der Waals surface area contributed by atoms with Gasteiger partial charge in [0.2, 0.25) is 0 Å². The molecule has 0 radical (unpaired) electrons. The van der Waals surface area contributed by atoms with Crippen LogP contribution in [0.4, 0.5) is 5.69 Å². The maximum atomic E-state index is 6.08. The molecule has 0 spiro atoms. The highest BCUT2D eigenvalue weighted by atomic mass is 16.3. The Morgan fingerprint density at radius 3 is 2.17 bits per heavy atom. The summed E-state index contributed by atoms with van der Waals surface area (Å²) < 4.78 is 6.08. The number of benzene rings is 3. The number of nitrogens with one attached hydrogen (secondary N) is 1. The van der Waals surface area contributed by atoms with Crippen molar-refractivity contribution >= 4 is 16.7 Å². The molecule has 0 aliphatic carbocycles. The van der Waals surface area contributed by atoms with Crippen LogP contribution in [0.2, 0.25) is 0 Å². The lowest BCUT2D eigenvalue weighted by molar-refractivity contribution is 0.614. The van der Waals surface area contributed by atoms with E-state index in [1.807, 2.05) is 6.26 Å². The zero-order valence-corrected chi connectivity index (χ0v) is 18.7. The molecular formula is C28H31NO. The summed E-state index contributed by atoms with van der Waals surface area (Å²) in [6.45, 7) is 11.9. The summed E-state index contributed by atoms with van der Waals surface area (Å²) in [4.78, 5) is 0. The third kappa shape index (κ3) is 3.87. The highest BCUT2D eigenvalue weighted by molar-refractivity contribution is 6.01. The second-order valence-corrected chi connectivity index (χ2v) is 8.74. The van der Waals surface area contributed by atoms with E-state index in [0.717, 1.165) is 18.5 Å². The third-order valence-electron chi connectivity index (χ3n) is 6.04. The Bertz CT molecular complexity index is 1150. The van der Waals surface area contributed by atoms with Crippen LogP contribution in [0.3, 0.4) is 0 Å². The van der Waals surface area contributed by atoms with Gasteiger partial charge in [0.25, 0.3) is 0 Å². The predicted molar refractivity (Wildman–Crippen MR) is 128 cm³/mol. The topological polar surface area (TPSA) is 25.2 Å². The maximum absolute atomic E-state index is 6.08. The lowest BCUT2D eigenvalue weighted by Gasteiger charge is -2.17. The van der Waals surface area contributed by atoms with Crippen LogP contribution in [0.1, 0.15) is 41.7 Å². The summed E-state index contributed by atoms with van der Waals surface area (Å²) in [6.07, 6.45) is 3.03. The first-order chi connectivity index (χ1) is 14.5. The van der Waals surface area contributed by atoms with Gasteiger partial charge in [-0.1, -0.05) is 68.4 Å². The lowest BCUT2D eigenvalue weighted by Crippen LogP contribution is -2.04. The molecule has 0 saturated carbocycles. The van der Waals surface area contributed by atoms with Crippen molar-refractivity contribution in [1.82, 2.24) is 0 Å². The minimum Gasteiger partial charge on any atom is -0.463 e. The minimum absolute atomic E-state index is 0.664. The maximum Gasteiger partial charge on any atom is 0.138 e. The Labute approximate surface area is 179 Å². The van der Waals surface area contributed by atoms with Gasteiger partial charge in [-0.25, -0.2) is 0 Å². The molecule has 30 heavy (non-hydrogen) atoms. The smallest absolute Gasteiger partial charge is 0.138 e. The fourth-order valence-corrected chi connectivity index (χ4v) is 4.33. The van der Waals surface area contributed by atoms with Crippen LogP contribution in [0.25, 0.3) is 22.1 Å². The van der Waals surface area contributed by atoms with E-state index in [1.165, 1.54) is 50.0 Å². The fraction of sp³-hybridized carbons (Fsp3) is 0.286. The van der Waals surface area contributed by atoms with Crippen LogP contribution >= 0.6 is 0 Å². The van der Waals surface area contributed by atoms with E-state index in [0.29, 0.717) is 5.92 Å². The van der Waals surface area contributed by atoms with Crippen LogP contribution in [0.15, 0.2) is 65.3 Å². The summed E-state index contributed by atoms with van der Waals surface area (Å²) in [7, 11) is 0. The van der Waals surface area contributed by atoms with Crippen molar-refractivity contribution in [2.75, 3.05) is 5.32 Å². The molecule has 3 aromatic carbocycles. The van der Waals surface area contributed by atoms with Crippen LogP contribution in [0, 0.1) is 26.7 Å².